The van der Waals surface area contributed by atoms with Crippen molar-refractivity contribution < 1.29 is 9.53 Å². The van der Waals surface area contributed by atoms with Crippen LogP contribution in [0.1, 0.15) is 21.6 Å². The molecule has 8 heteroatoms. The lowest BCUT2D eigenvalue weighted by Gasteiger charge is -2.10. The van der Waals surface area contributed by atoms with E-state index in [4.69, 9.17) is 17.0 Å². The maximum Gasteiger partial charge on any atom is 0.340 e. The SMILES string of the molecule is COC(=O)c1cc(-c2ccccc2)sc1NC(=S)NCc1cnn(C)c1C. The second-order valence-corrected chi connectivity index (χ2v) is 7.36. The number of rotatable bonds is 5. The van der Waals surface area contributed by atoms with Gasteiger partial charge in [0.25, 0.3) is 0 Å². The lowest BCUT2D eigenvalue weighted by molar-refractivity contribution is 0.0602. The number of anilines is 1. The molecular weight excluding hydrogens is 380 g/mol. The Labute approximate surface area is 167 Å². The number of hydrogen-bond donors (Lipinski definition) is 2. The number of benzene rings is 1. The van der Waals surface area contributed by atoms with Crippen molar-refractivity contribution in [3.63, 3.8) is 0 Å². The van der Waals surface area contributed by atoms with E-state index in [2.05, 4.69) is 15.7 Å². The van der Waals surface area contributed by atoms with Gasteiger partial charge < -0.3 is 15.4 Å². The largest absolute Gasteiger partial charge is 0.465 e. The fourth-order valence-corrected chi connectivity index (χ4v) is 3.83. The van der Waals surface area contributed by atoms with Gasteiger partial charge in [-0.1, -0.05) is 30.3 Å². The van der Waals surface area contributed by atoms with Crippen LogP contribution < -0.4 is 10.6 Å². The number of nitrogens with zero attached hydrogens (tertiary/aromatic N) is 2. The van der Waals surface area contributed by atoms with Gasteiger partial charge in [-0.25, -0.2) is 4.79 Å². The van der Waals surface area contributed by atoms with Crippen LogP contribution in [0.5, 0.6) is 0 Å². The molecule has 3 aromatic rings. The number of aromatic nitrogens is 2. The highest BCUT2D eigenvalue weighted by atomic mass is 32.1. The molecule has 0 spiro atoms. The van der Waals surface area contributed by atoms with E-state index in [1.54, 1.807) is 0 Å². The fraction of sp³-hybridized carbons (Fsp3) is 0.211. The first-order valence-corrected chi connectivity index (χ1v) is 9.52. The maximum atomic E-state index is 12.2. The Morgan fingerprint density at radius 3 is 2.70 bits per heavy atom. The van der Waals surface area contributed by atoms with Crippen LogP contribution in [-0.2, 0) is 18.3 Å². The normalized spacial score (nSPS) is 10.5. The number of esters is 1. The number of methoxy groups -OCH3 is 1. The summed E-state index contributed by atoms with van der Waals surface area (Å²) in [5.74, 6) is -0.401. The molecule has 0 aliphatic rings. The molecule has 0 bridgehead atoms. The summed E-state index contributed by atoms with van der Waals surface area (Å²) in [6, 6.07) is 11.7. The highest BCUT2D eigenvalue weighted by Gasteiger charge is 2.18. The van der Waals surface area contributed by atoms with Gasteiger partial charge in [0.1, 0.15) is 5.00 Å². The van der Waals surface area contributed by atoms with Gasteiger partial charge in [0.2, 0.25) is 0 Å². The van der Waals surface area contributed by atoms with Crippen molar-refractivity contribution in [3.8, 4) is 10.4 Å². The van der Waals surface area contributed by atoms with Crippen LogP contribution in [0.25, 0.3) is 10.4 Å². The zero-order valence-electron chi connectivity index (χ0n) is 15.3. The van der Waals surface area contributed by atoms with Crippen molar-refractivity contribution in [2.24, 2.45) is 7.05 Å². The first-order chi connectivity index (χ1) is 13.0. The van der Waals surface area contributed by atoms with Crippen molar-refractivity contribution in [2.45, 2.75) is 13.5 Å². The van der Waals surface area contributed by atoms with Crippen LogP contribution in [0.3, 0.4) is 0 Å². The molecule has 0 radical (unpaired) electrons. The van der Waals surface area contributed by atoms with E-state index in [1.165, 1.54) is 18.4 Å². The lowest BCUT2D eigenvalue weighted by Crippen LogP contribution is -2.28. The molecule has 0 saturated carbocycles. The van der Waals surface area contributed by atoms with Crippen LogP contribution in [0.4, 0.5) is 5.00 Å². The summed E-state index contributed by atoms with van der Waals surface area (Å²) in [4.78, 5) is 13.1. The Hall–Kier alpha value is -2.71. The molecule has 0 saturated heterocycles. The molecule has 0 fully saturated rings. The van der Waals surface area contributed by atoms with Crippen molar-refractivity contribution in [2.75, 3.05) is 12.4 Å². The number of carbonyl (C=O) groups excluding carboxylic acids is 1. The minimum absolute atomic E-state index is 0.401. The number of ether oxygens (including phenoxy) is 1. The van der Waals surface area contributed by atoms with E-state index in [-0.39, 0.29) is 0 Å². The number of thiocarbonyl (C=S) groups is 1. The van der Waals surface area contributed by atoms with Crippen LogP contribution in [0.15, 0.2) is 42.6 Å². The average molecular weight is 401 g/mol. The Balaban J connectivity index is 1.76. The molecule has 0 aliphatic carbocycles. The van der Waals surface area contributed by atoms with Gasteiger partial charge in [-0.3, -0.25) is 4.68 Å². The van der Waals surface area contributed by atoms with Crippen LogP contribution in [0, 0.1) is 6.92 Å². The Kier molecular flexibility index (Phi) is 5.88. The second-order valence-electron chi connectivity index (χ2n) is 5.90. The van der Waals surface area contributed by atoms with Crippen LogP contribution in [0.2, 0.25) is 0 Å². The number of carbonyl (C=O) groups is 1. The summed E-state index contributed by atoms with van der Waals surface area (Å²) in [6.45, 7) is 2.55. The van der Waals surface area contributed by atoms with Crippen LogP contribution >= 0.6 is 23.6 Å². The van der Waals surface area contributed by atoms with Gasteiger partial charge in [0.15, 0.2) is 5.11 Å². The van der Waals surface area contributed by atoms with Gasteiger partial charge in [0.05, 0.1) is 18.9 Å². The van der Waals surface area contributed by atoms with Crippen molar-refractivity contribution >= 4 is 39.6 Å². The number of nitrogens with one attached hydrogen (secondary N) is 2. The van der Waals surface area contributed by atoms with Crippen molar-refractivity contribution in [3.05, 3.63) is 59.4 Å². The topological polar surface area (TPSA) is 68.2 Å². The van der Waals surface area contributed by atoms with Gasteiger partial charge in [-0.15, -0.1) is 11.3 Å². The number of aryl methyl sites for hydroxylation is 1. The number of hydrogen-bond acceptors (Lipinski definition) is 5. The molecule has 1 aromatic carbocycles. The van der Waals surface area contributed by atoms with E-state index in [0.717, 1.165) is 21.7 Å². The minimum Gasteiger partial charge on any atom is -0.465 e. The van der Waals surface area contributed by atoms with Crippen molar-refractivity contribution in [1.29, 1.82) is 0 Å². The van der Waals surface area contributed by atoms with Gasteiger partial charge in [0, 0.05) is 29.7 Å². The average Bonchev–Trinajstić information content (AvgIpc) is 3.24. The highest BCUT2D eigenvalue weighted by Crippen LogP contribution is 2.35. The second kappa shape index (κ2) is 8.32. The maximum absolute atomic E-state index is 12.2. The molecule has 6 nitrogen and oxygen atoms in total. The lowest BCUT2D eigenvalue weighted by atomic mass is 10.1. The predicted octanol–water partition coefficient (Wildman–Crippen LogP) is 3.73. The molecule has 0 atom stereocenters. The quantitative estimate of drug-likeness (QED) is 0.502. The van der Waals surface area contributed by atoms with E-state index in [0.29, 0.717) is 22.2 Å². The summed E-state index contributed by atoms with van der Waals surface area (Å²) in [7, 11) is 3.27. The number of thiophene rings is 1. The molecule has 0 aliphatic heterocycles. The standard InChI is InChI=1S/C19H20N4O2S2/c1-12-14(11-21-23(12)2)10-20-19(26)22-17-15(18(24)25-3)9-16(27-17)13-7-5-4-6-8-13/h4-9,11H,10H2,1-3H3,(H2,20,22,26). The third-order valence-corrected chi connectivity index (χ3v) is 5.55. The third kappa shape index (κ3) is 4.35. The first kappa shape index (κ1) is 19.1. The van der Waals surface area contributed by atoms with Gasteiger partial charge in [-0.2, -0.15) is 5.10 Å². The molecule has 2 aromatic heterocycles. The zero-order valence-corrected chi connectivity index (χ0v) is 16.9. The highest BCUT2D eigenvalue weighted by molar-refractivity contribution is 7.80. The van der Waals surface area contributed by atoms with E-state index >= 15 is 0 Å². The molecule has 27 heavy (non-hydrogen) atoms. The Morgan fingerprint density at radius 2 is 2.07 bits per heavy atom. The fourth-order valence-electron chi connectivity index (χ4n) is 2.53. The van der Waals surface area contributed by atoms with E-state index in [9.17, 15) is 4.79 Å². The summed E-state index contributed by atoms with van der Waals surface area (Å²) in [5, 5.41) is 11.6. The van der Waals surface area contributed by atoms with Gasteiger partial charge >= 0.3 is 5.97 Å². The smallest absolute Gasteiger partial charge is 0.340 e. The molecule has 0 unspecified atom stereocenters. The Bertz CT molecular complexity index is 964. The first-order valence-electron chi connectivity index (χ1n) is 8.29. The Morgan fingerprint density at radius 1 is 1.33 bits per heavy atom. The molecule has 140 valence electrons. The molecule has 2 heterocycles. The monoisotopic (exact) mass is 400 g/mol. The molecular formula is C19H20N4O2S2. The summed E-state index contributed by atoms with van der Waals surface area (Å²) in [5.41, 5.74) is 3.63. The van der Waals surface area contributed by atoms with Crippen molar-refractivity contribution in [1.82, 2.24) is 15.1 Å². The summed E-state index contributed by atoms with van der Waals surface area (Å²) >= 11 is 6.86. The summed E-state index contributed by atoms with van der Waals surface area (Å²) in [6.07, 6.45) is 1.81. The molecule has 0 amide bonds. The zero-order chi connectivity index (χ0) is 19.4. The predicted molar refractivity (Wildman–Crippen MR) is 112 cm³/mol. The van der Waals surface area contributed by atoms with E-state index < -0.39 is 5.97 Å². The van der Waals surface area contributed by atoms with Gasteiger partial charge in [-0.05, 0) is 30.8 Å². The third-order valence-electron chi connectivity index (χ3n) is 4.20. The summed E-state index contributed by atoms with van der Waals surface area (Å²) < 4.78 is 6.72. The molecule has 2 N–H and O–H groups in total. The van der Waals surface area contributed by atoms with Crippen LogP contribution in [-0.4, -0.2) is 28.0 Å². The van der Waals surface area contributed by atoms with E-state index in [1.807, 2.05) is 61.2 Å². The molecule has 3 rings (SSSR count). The minimum atomic E-state index is -0.401.